The van der Waals surface area contributed by atoms with Gasteiger partial charge in [-0.2, -0.15) is 5.10 Å². The lowest BCUT2D eigenvalue weighted by molar-refractivity contribution is -0.144. The molecule has 0 bridgehead atoms. The monoisotopic (exact) mass is 753 g/mol. The zero-order valence-corrected chi connectivity index (χ0v) is 32.3. The van der Waals surface area contributed by atoms with Crippen LogP contribution in [-0.2, 0) is 34.9 Å². The number of carboxylic acid groups (broad SMARTS) is 1. The van der Waals surface area contributed by atoms with Crippen LogP contribution in [0.25, 0.3) is 0 Å². The van der Waals surface area contributed by atoms with Crippen molar-refractivity contribution < 1.29 is 24.2 Å². The molecule has 54 heavy (non-hydrogen) atoms. The van der Waals surface area contributed by atoms with Crippen molar-refractivity contribution in [2.24, 2.45) is 18.9 Å². The minimum atomic E-state index is -1.10. The molecule has 10 nitrogen and oxygen atoms in total. The molecule has 0 saturated heterocycles. The number of carboxylic acids is 1. The SMILES string of the molecule is C[C@@H](COc1ccnc2c1[C@H](C)CCC2)C[C@H]1Cc2ccc(OCCCC(=O)Nc3ccn(C)n3)cc2C12CCC(Nc1cccc(Cl)c1)(C(=O)O)CC2. The van der Waals surface area contributed by atoms with E-state index in [4.69, 9.17) is 21.1 Å². The summed E-state index contributed by atoms with van der Waals surface area (Å²) in [7, 11) is 1.81. The number of nitrogens with zero attached hydrogens (tertiary/aromatic N) is 3. The highest BCUT2D eigenvalue weighted by molar-refractivity contribution is 6.30. The van der Waals surface area contributed by atoms with Gasteiger partial charge < -0.3 is 25.2 Å². The summed E-state index contributed by atoms with van der Waals surface area (Å²) < 4.78 is 14.5. The normalized spacial score (nSPS) is 23.6. The van der Waals surface area contributed by atoms with Crippen LogP contribution in [0.1, 0.15) is 99.9 Å². The van der Waals surface area contributed by atoms with Crippen molar-refractivity contribution >= 4 is 35.0 Å². The van der Waals surface area contributed by atoms with E-state index in [2.05, 4.69) is 46.7 Å². The molecule has 1 saturated carbocycles. The minimum Gasteiger partial charge on any atom is -0.494 e. The maximum atomic E-state index is 13.0. The predicted octanol–water partition coefficient (Wildman–Crippen LogP) is 8.73. The van der Waals surface area contributed by atoms with Crippen molar-refractivity contribution in [2.75, 3.05) is 23.8 Å². The first-order chi connectivity index (χ1) is 26.0. The Bertz CT molecular complexity index is 1970. The fraction of sp³-hybridized carbons (Fsp3) is 0.488. The highest BCUT2D eigenvalue weighted by Gasteiger charge is 2.54. The molecule has 2 aromatic heterocycles. The molecule has 2 heterocycles. The average Bonchev–Trinajstić information content (AvgIpc) is 3.69. The Balaban J connectivity index is 1.07. The number of benzene rings is 2. The van der Waals surface area contributed by atoms with Gasteiger partial charge in [-0.3, -0.25) is 14.5 Å². The van der Waals surface area contributed by atoms with Crippen LogP contribution in [0.2, 0.25) is 5.02 Å². The summed E-state index contributed by atoms with van der Waals surface area (Å²) in [4.78, 5) is 30.1. The second kappa shape index (κ2) is 16.0. The molecule has 286 valence electrons. The zero-order valence-electron chi connectivity index (χ0n) is 31.6. The number of aryl methyl sites for hydroxylation is 2. The van der Waals surface area contributed by atoms with Gasteiger partial charge in [0.25, 0.3) is 0 Å². The van der Waals surface area contributed by atoms with Crippen LogP contribution in [0.5, 0.6) is 11.5 Å². The van der Waals surface area contributed by atoms with Crippen molar-refractivity contribution in [2.45, 2.75) is 101 Å². The molecular weight excluding hydrogens is 702 g/mol. The van der Waals surface area contributed by atoms with Gasteiger partial charge in [0.15, 0.2) is 5.82 Å². The maximum Gasteiger partial charge on any atom is 0.329 e. The van der Waals surface area contributed by atoms with E-state index < -0.39 is 11.5 Å². The van der Waals surface area contributed by atoms with Crippen LogP contribution in [0.3, 0.4) is 0 Å². The summed E-state index contributed by atoms with van der Waals surface area (Å²) in [6, 6.07) is 17.5. The van der Waals surface area contributed by atoms with Crippen LogP contribution in [0.15, 0.2) is 67.0 Å². The van der Waals surface area contributed by atoms with Gasteiger partial charge in [0.1, 0.15) is 17.0 Å². The number of amides is 1. The van der Waals surface area contributed by atoms with Crippen molar-refractivity contribution in [3.63, 3.8) is 0 Å². The Morgan fingerprint density at radius 3 is 2.69 bits per heavy atom. The van der Waals surface area contributed by atoms with Gasteiger partial charge in [0.2, 0.25) is 5.91 Å². The molecule has 11 heteroatoms. The van der Waals surface area contributed by atoms with Gasteiger partial charge >= 0.3 is 5.97 Å². The quantitative estimate of drug-likeness (QED) is 0.109. The van der Waals surface area contributed by atoms with Crippen molar-refractivity contribution in [1.82, 2.24) is 14.8 Å². The summed E-state index contributed by atoms with van der Waals surface area (Å²) in [5.74, 6) is 2.39. The van der Waals surface area contributed by atoms with Crippen molar-refractivity contribution in [1.29, 1.82) is 0 Å². The number of pyridine rings is 1. The third kappa shape index (κ3) is 8.09. The number of ether oxygens (including phenoxy) is 2. The van der Waals surface area contributed by atoms with Gasteiger partial charge in [-0.05, 0) is 135 Å². The lowest BCUT2D eigenvalue weighted by Gasteiger charge is -2.47. The van der Waals surface area contributed by atoms with E-state index in [-0.39, 0.29) is 17.2 Å². The summed E-state index contributed by atoms with van der Waals surface area (Å²) in [5, 5.41) is 21.7. The van der Waals surface area contributed by atoms with Crippen LogP contribution in [-0.4, -0.2) is 50.5 Å². The smallest absolute Gasteiger partial charge is 0.329 e. The van der Waals surface area contributed by atoms with Crippen molar-refractivity contribution in [3.05, 3.63) is 94.4 Å². The standard InChI is InChI=1S/C43H52ClN5O5/c1-28(27-54-37-14-20-45-36-10-4-7-29(2)40(36)37)23-31-24-30-12-13-34(53-22-6-11-39(50)46-38-15-21-49(3)48-38)26-35(30)42(31)16-18-43(19-17-42,41(51)52)47-33-9-5-8-32(44)25-33/h5,8-9,12-15,20-21,25-26,28-29,31,47H,4,6-7,10-11,16-19,22-24,27H2,1-3H3,(H,51,52)(H,46,48,50)/t28-,29-,31+,42?,43?/m1/s1. The lowest BCUT2D eigenvalue weighted by Crippen LogP contribution is -2.53. The molecule has 3 atom stereocenters. The second-order valence-corrected chi connectivity index (χ2v) is 16.3. The first-order valence-corrected chi connectivity index (χ1v) is 19.8. The molecule has 1 amide bonds. The summed E-state index contributed by atoms with van der Waals surface area (Å²) >= 11 is 6.29. The van der Waals surface area contributed by atoms with E-state index in [9.17, 15) is 14.7 Å². The molecule has 1 spiro atoms. The number of carbonyl (C=O) groups excluding carboxylic acids is 1. The van der Waals surface area contributed by atoms with Crippen LogP contribution in [0.4, 0.5) is 11.5 Å². The number of nitrogens with one attached hydrogen (secondary N) is 2. The molecule has 0 radical (unpaired) electrons. The van der Waals surface area contributed by atoms with Gasteiger partial charge in [-0.1, -0.05) is 37.6 Å². The number of aromatic nitrogens is 3. The minimum absolute atomic E-state index is 0.0972. The number of carbonyl (C=O) groups is 2. The van der Waals surface area contributed by atoms with Crippen LogP contribution >= 0.6 is 11.6 Å². The van der Waals surface area contributed by atoms with Gasteiger partial charge in [-0.15, -0.1) is 0 Å². The van der Waals surface area contributed by atoms with E-state index in [0.29, 0.717) is 67.3 Å². The van der Waals surface area contributed by atoms with Gasteiger partial charge in [-0.25, -0.2) is 4.79 Å². The summed E-state index contributed by atoms with van der Waals surface area (Å²) in [6.07, 6.45) is 12.2. The first-order valence-electron chi connectivity index (χ1n) is 19.5. The lowest BCUT2D eigenvalue weighted by atomic mass is 9.59. The number of fused-ring (bicyclic) bond motifs is 3. The Morgan fingerprint density at radius 2 is 1.93 bits per heavy atom. The van der Waals surface area contributed by atoms with E-state index in [1.54, 1.807) is 29.1 Å². The highest BCUT2D eigenvalue weighted by atomic mass is 35.5. The third-order valence-electron chi connectivity index (χ3n) is 12.1. The fourth-order valence-corrected chi connectivity index (χ4v) is 9.47. The van der Waals surface area contributed by atoms with Gasteiger partial charge in [0.05, 0.1) is 13.2 Å². The molecule has 2 aromatic carbocycles. The summed E-state index contributed by atoms with van der Waals surface area (Å²) in [6.45, 7) is 5.57. The topological polar surface area (TPSA) is 128 Å². The number of rotatable bonds is 14. The summed E-state index contributed by atoms with van der Waals surface area (Å²) in [5.41, 5.74) is 4.43. The number of aliphatic carboxylic acids is 1. The molecule has 4 aromatic rings. The number of hydrogen-bond donors (Lipinski definition) is 3. The van der Waals surface area contributed by atoms with Crippen LogP contribution in [0, 0.1) is 11.8 Å². The molecule has 0 unspecified atom stereocenters. The highest BCUT2D eigenvalue weighted by Crippen LogP contribution is 2.57. The van der Waals surface area contributed by atoms with E-state index in [0.717, 1.165) is 50.0 Å². The first kappa shape index (κ1) is 37.7. The number of halogens is 1. The van der Waals surface area contributed by atoms with Gasteiger partial charge in [0, 0.05) is 53.9 Å². The molecule has 0 aliphatic heterocycles. The molecule has 1 fully saturated rings. The Morgan fingerprint density at radius 1 is 1.09 bits per heavy atom. The number of anilines is 2. The molecule has 3 aliphatic carbocycles. The van der Waals surface area contributed by atoms with E-state index in [1.807, 2.05) is 37.5 Å². The zero-order chi connectivity index (χ0) is 37.9. The molecule has 3 aliphatic rings. The predicted molar refractivity (Wildman–Crippen MR) is 211 cm³/mol. The molecule has 3 N–H and O–H groups in total. The Labute approximate surface area is 323 Å². The number of hydrogen-bond acceptors (Lipinski definition) is 7. The van der Waals surface area contributed by atoms with E-state index in [1.165, 1.54) is 28.8 Å². The van der Waals surface area contributed by atoms with Crippen LogP contribution < -0.4 is 20.1 Å². The Kier molecular flexibility index (Phi) is 11.2. The van der Waals surface area contributed by atoms with Crippen molar-refractivity contribution in [3.8, 4) is 11.5 Å². The molecular formula is C43H52ClN5O5. The molecule has 7 rings (SSSR count). The second-order valence-electron chi connectivity index (χ2n) is 15.9. The average molecular weight is 754 g/mol. The maximum absolute atomic E-state index is 13.0. The third-order valence-corrected chi connectivity index (χ3v) is 12.3. The Hall–Kier alpha value is -4.57. The fourth-order valence-electron chi connectivity index (χ4n) is 9.28. The van der Waals surface area contributed by atoms with E-state index >= 15 is 0 Å². The largest absolute Gasteiger partial charge is 0.494 e.